The summed E-state index contributed by atoms with van der Waals surface area (Å²) >= 11 is 0. The summed E-state index contributed by atoms with van der Waals surface area (Å²) in [6.07, 6.45) is 1.24. The third-order valence-corrected chi connectivity index (χ3v) is 4.78. The SMILES string of the molecule is Cc1cc(C(=O)N[C@H](Cc2ccc3c(c2)CCCN3C(=O)OC(C)(C)C)C(=O)O)no1. The number of fused-ring (bicyclic) bond motifs is 1. The van der Waals surface area contributed by atoms with E-state index in [9.17, 15) is 19.5 Å². The highest BCUT2D eigenvalue weighted by molar-refractivity contribution is 5.95. The second-order valence-corrected chi connectivity index (χ2v) is 8.59. The monoisotopic (exact) mass is 429 g/mol. The summed E-state index contributed by atoms with van der Waals surface area (Å²) in [6.45, 7) is 7.66. The first-order valence-corrected chi connectivity index (χ1v) is 10.1. The van der Waals surface area contributed by atoms with Crippen molar-refractivity contribution in [3.05, 3.63) is 46.8 Å². The Morgan fingerprint density at radius 3 is 2.65 bits per heavy atom. The molecule has 3 rings (SSSR count). The molecule has 1 aliphatic heterocycles. The van der Waals surface area contributed by atoms with E-state index in [1.54, 1.807) is 24.0 Å². The van der Waals surface area contributed by atoms with Crippen molar-refractivity contribution in [3.8, 4) is 0 Å². The first-order chi connectivity index (χ1) is 14.5. The fraction of sp³-hybridized carbons (Fsp3) is 0.455. The van der Waals surface area contributed by atoms with Crippen molar-refractivity contribution in [1.29, 1.82) is 0 Å². The number of aromatic nitrogens is 1. The zero-order chi connectivity index (χ0) is 22.8. The first kappa shape index (κ1) is 22.3. The largest absolute Gasteiger partial charge is 0.480 e. The number of anilines is 1. The van der Waals surface area contributed by atoms with Crippen LogP contribution in [0.5, 0.6) is 0 Å². The van der Waals surface area contributed by atoms with Gasteiger partial charge in [-0.25, -0.2) is 9.59 Å². The zero-order valence-corrected chi connectivity index (χ0v) is 18.1. The molecular formula is C22H27N3O6. The lowest BCUT2D eigenvalue weighted by Crippen LogP contribution is -2.42. The van der Waals surface area contributed by atoms with E-state index in [4.69, 9.17) is 9.26 Å². The van der Waals surface area contributed by atoms with Gasteiger partial charge in [-0.2, -0.15) is 0 Å². The number of carboxylic acids is 1. The third kappa shape index (κ3) is 5.62. The van der Waals surface area contributed by atoms with Crippen molar-refractivity contribution >= 4 is 23.7 Å². The van der Waals surface area contributed by atoms with Crippen LogP contribution >= 0.6 is 0 Å². The van der Waals surface area contributed by atoms with E-state index in [0.717, 1.165) is 29.7 Å². The summed E-state index contributed by atoms with van der Waals surface area (Å²) in [5.41, 5.74) is 1.88. The predicted molar refractivity (Wildman–Crippen MR) is 112 cm³/mol. The fourth-order valence-corrected chi connectivity index (χ4v) is 3.43. The molecule has 0 fully saturated rings. The summed E-state index contributed by atoms with van der Waals surface area (Å²) in [6, 6.07) is 5.76. The maximum atomic E-state index is 12.6. The van der Waals surface area contributed by atoms with Crippen LogP contribution in [0, 0.1) is 6.92 Å². The van der Waals surface area contributed by atoms with Crippen LogP contribution in [0.4, 0.5) is 10.5 Å². The van der Waals surface area contributed by atoms with Crippen molar-refractivity contribution < 1.29 is 28.8 Å². The molecule has 1 aromatic carbocycles. The molecule has 1 aromatic heterocycles. The summed E-state index contributed by atoms with van der Waals surface area (Å²) in [7, 11) is 0. The molecule has 31 heavy (non-hydrogen) atoms. The van der Waals surface area contributed by atoms with E-state index >= 15 is 0 Å². The molecule has 9 nitrogen and oxygen atoms in total. The molecular weight excluding hydrogens is 402 g/mol. The molecule has 0 aliphatic carbocycles. The number of carbonyl (C=O) groups is 3. The molecule has 0 saturated heterocycles. The lowest BCUT2D eigenvalue weighted by Gasteiger charge is -2.32. The number of amides is 2. The molecule has 2 aromatic rings. The van der Waals surface area contributed by atoms with Crippen molar-refractivity contribution in [2.45, 2.75) is 58.6 Å². The normalized spacial score (nSPS) is 14.5. The second-order valence-electron chi connectivity index (χ2n) is 8.59. The molecule has 0 unspecified atom stereocenters. The van der Waals surface area contributed by atoms with Gasteiger partial charge in [0.05, 0.1) is 5.69 Å². The van der Waals surface area contributed by atoms with Crippen LogP contribution in [0.2, 0.25) is 0 Å². The van der Waals surface area contributed by atoms with Crippen LogP contribution in [-0.2, 0) is 22.4 Å². The number of benzene rings is 1. The number of hydrogen-bond acceptors (Lipinski definition) is 6. The Labute approximate surface area is 180 Å². The van der Waals surface area contributed by atoms with Gasteiger partial charge in [0.25, 0.3) is 5.91 Å². The Morgan fingerprint density at radius 2 is 2.03 bits per heavy atom. The fourth-order valence-electron chi connectivity index (χ4n) is 3.43. The summed E-state index contributed by atoms with van der Waals surface area (Å²) in [5, 5.41) is 15.7. The minimum atomic E-state index is -1.15. The van der Waals surface area contributed by atoms with Gasteiger partial charge in [-0.3, -0.25) is 9.69 Å². The summed E-state index contributed by atoms with van der Waals surface area (Å²) < 4.78 is 10.4. The Morgan fingerprint density at radius 1 is 1.29 bits per heavy atom. The van der Waals surface area contributed by atoms with Crippen LogP contribution in [-0.4, -0.2) is 46.4 Å². The number of nitrogens with one attached hydrogen (secondary N) is 1. The molecule has 9 heteroatoms. The van der Waals surface area contributed by atoms with Crippen molar-refractivity contribution in [2.75, 3.05) is 11.4 Å². The highest BCUT2D eigenvalue weighted by Gasteiger charge is 2.28. The van der Waals surface area contributed by atoms with E-state index in [1.165, 1.54) is 6.07 Å². The van der Waals surface area contributed by atoms with Crippen LogP contribution < -0.4 is 10.2 Å². The molecule has 0 bridgehead atoms. The zero-order valence-electron chi connectivity index (χ0n) is 18.1. The highest BCUT2D eigenvalue weighted by Crippen LogP contribution is 2.30. The summed E-state index contributed by atoms with van der Waals surface area (Å²) in [5.74, 6) is -1.30. The number of rotatable bonds is 5. The Kier molecular flexibility index (Phi) is 6.33. The molecule has 1 atom stereocenters. The predicted octanol–water partition coefficient (Wildman–Crippen LogP) is 3.10. The molecule has 2 heterocycles. The van der Waals surface area contributed by atoms with Gasteiger partial charge >= 0.3 is 12.1 Å². The number of nitrogens with zero attached hydrogens (tertiary/aromatic N) is 2. The van der Waals surface area contributed by atoms with Gasteiger partial charge in [0, 0.05) is 19.0 Å². The molecule has 0 spiro atoms. The van der Waals surface area contributed by atoms with Crippen LogP contribution in [0.3, 0.4) is 0 Å². The number of carbonyl (C=O) groups excluding carboxylic acids is 2. The van der Waals surface area contributed by atoms with Gasteiger partial charge in [0.15, 0.2) is 5.69 Å². The van der Waals surface area contributed by atoms with Crippen molar-refractivity contribution in [1.82, 2.24) is 10.5 Å². The number of carboxylic acid groups (broad SMARTS) is 1. The van der Waals surface area contributed by atoms with E-state index in [-0.39, 0.29) is 12.1 Å². The standard InChI is InChI=1S/C22H27N3O6/c1-13-10-16(24-31-13)19(26)23-17(20(27)28)12-14-7-8-18-15(11-14)6-5-9-25(18)21(29)30-22(2,3)4/h7-8,10-11,17H,5-6,9,12H2,1-4H3,(H,23,26)(H,27,28)/t17-/m1/s1. The first-order valence-electron chi connectivity index (χ1n) is 10.1. The van der Waals surface area contributed by atoms with Crippen LogP contribution in [0.1, 0.15) is 54.6 Å². The molecule has 1 aliphatic rings. The number of aliphatic carboxylic acids is 1. The Balaban J connectivity index is 1.75. The molecule has 166 valence electrons. The topological polar surface area (TPSA) is 122 Å². The maximum Gasteiger partial charge on any atom is 0.414 e. The smallest absolute Gasteiger partial charge is 0.414 e. The average molecular weight is 429 g/mol. The van der Waals surface area contributed by atoms with Crippen molar-refractivity contribution in [3.63, 3.8) is 0 Å². The van der Waals surface area contributed by atoms with Gasteiger partial charge in [0.1, 0.15) is 17.4 Å². The minimum Gasteiger partial charge on any atom is -0.480 e. The van der Waals surface area contributed by atoms with E-state index < -0.39 is 29.6 Å². The van der Waals surface area contributed by atoms with E-state index in [1.807, 2.05) is 26.8 Å². The van der Waals surface area contributed by atoms with Crippen LogP contribution in [0.15, 0.2) is 28.8 Å². The highest BCUT2D eigenvalue weighted by atomic mass is 16.6. The molecule has 2 N–H and O–H groups in total. The number of hydrogen-bond donors (Lipinski definition) is 2. The Hall–Kier alpha value is -3.36. The van der Waals surface area contributed by atoms with E-state index in [2.05, 4.69) is 10.5 Å². The number of aryl methyl sites for hydroxylation is 2. The minimum absolute atomic E-state index is 0.0298. The number of ether oxygens (including phenoxy) is 1. The maximum absolute atomic E-state index is 12.6. The van der Waals surface area contributed by atoms with Crippen LogP contribution in [0.25, 0.3) is 0 Å². The molecule has 0 radical (unpaired) electrons. The lowest BCUT2D eigenvalue weighted by molar-refractivity contribution is -0.139. The lowest BCUT2D eigenvalue weighted by atomic mass is 9.96. The van der Waals surface area contributed by atoms with Gasteiger partial charge in [-0.15, -0.1) is 0 Å². The summed E-state index contributed by atoms with van der Waals surface area (Å²) in [4.78, 5) is 38.1. The van der Waals surface area contributed by atoms with Gasteiger partial charge in [0.2, 0.25) is 0 Å². The molecule has 0 saturated carbocycles. The van der Waals surface area contributed by atoms with Gasteiger partial charge < -0.3 is 19.7 Å². The van der Waals surface area contributed by atoms with Gasteiger partial charge in [-0.05, 0) is 57.7 Å². The van der Waals surface area contributed by atoms with Crippen molar-refractivity contribution in [2.24, 2.45) is 0 Å². The average Bonchev–Trinajstić information content (AvgIpc) is 3.11. The quantitative estimate of drug-likeness (QED) is 0.749. The van der Waals surface area contributed by atoms with E-state index in [0.29, 0.717) is 12.3 Å². The third-order valence-electron chi connectivity index (χ3n) is 4.78. The van der Waals surface area contributed by atoms with Gasteiger partial charge in [-0.1, -0.05) is 17.3 Å². The Bertz CT molecular complexity index is 991. The molecule has 2 amide bonds. The second kappa shape index (κ2) is 8.79.